The molecule has 16 heavy (non-hydrogen) atoms. The summed E-state index contributed by atoms with van der Waals surface area (Å²) in [5.41, 5.74) is -0.147. The molecule has 0 aliphatic heterocycles. The molecule has 0 bridgehead atoms. The number of ketones is 1. The molecule has 0 aliphatic carbocycles. The van der Waals surface area contributed by atoms with Gasteiger partial charge in [0.05, 0.1) is 5.56 Å². The van der Waals surface area contributed by atoms with Crippen LogP contribution in [0.15, 0.2) is 21.1 Å². The second-order valence-corrected chi connectivity index (χ2v) is 4.49. The molecular formula is C9H5Br2F3O2. The summed E-state index contributed by atoms with van der Waals surface area (Å²) in [6, 6.07) is 2.44. The Morgan fingerprint density at radius 3 is 2.31 bits per heavy atom. The van der Waals surface area contributed by atoms with Crippen LogP contribution < -0.4 is 4.74 Å². The standard InChI is InChI=1S/C9H5Br2F3O2/c1-4(15)7-6(16-9(12,13)14)3-2-5(10)8(7)11/h2-3H,1H3. The van der Waals surface area contributed by atoms with Gasteiger partial charge in [-0.15, -0.1) is 13.2 Å². The van der Waals surface area contributed by atoms with Gasteiger partial charge in [-0.3, -0.25) is 4.79 Å². The van der Waals surface area contributed by atoms with E-state index in [4.69, 9.17) is 0 Å². The minimum atomic E-state index is -4.82. The highest BCUT2D eigenvalue weighted by molar-refractivity contribution is 9.13. The topological polar surface area (TPSA) is 26.3 Å². The largest absolute Gasteiger partial charge is 0.573 e. The molecule has 0 atom stereocenters. The van der Waals surface area contributed by atoms with Crippen LogP contribution in [0.4, 0.5) is 13.2 Å². The number of benzene rings is 1. The van der Waals surface area contributed by atoms with Crippen molar-refractivity contribution >= 4 is 37.6 Å². The predicted molar refractivity (Wildman–Crippen MR) is 58.5 cm³/mol. The van der Waals surface area contributed by atoms with E-state index in [2.05, 4.69) is 36.6 Å². The van der Waals surface area contributed by atoms with Crippen LogP contribution in [0.5, 0.6) is 5.75 Å². The van der Waals surface area contributed by atoms with Crippen LogP contribution in [-0.2, 0) is 0 Å². The number of alkyl halides is 3. The van der Waals surface area contributed by atoms with Crippen molar-refractivity contribution in [1.29, 1.82) is 0 Å². The Hall–Kier alpha value is -0.560. The Bertz CT molecular complexity index is 429. The molecule has 0 fully saturated rings. The lowest BCUT2D eigenvalue weighted by Gasteiger charge is -2.13. The van der Waals surface area contributed by atoms with E-state index >= 15 is 0 Å². The number of hydrogen-bond acceptors (Lipinski definition) is 2. The molecule has 1 aromatic carbocycles. The molecule has 0 aromatic heterocycles. The van der Waals surface area contributed by atoms with Crippen LogP contribution in [-0.4, -0.2) is 12.1 Å². The van der Waals surface area contributed by atoms with E-state index in [-0.39, 0.29) is 10.0 Å². The molecule has 0 saturated carbocycles. The molecule has 1 rings (SSSR count). The van der Waals surface area contributed by atoms with Crippen molar-refractivity contribution in [3.05, 3.63) is 26.6 Å². The maximum absolute atomic E-state index is 12.1. The molecule has 0 spiro atoms. The number of Topliss-reactive ketones (excluding diaryl/α,β-unsaturated/α-hetero) is 1. The molecular weight excluding hydrogens is 357 g/mol. The minimum Gasteiger partial charge on any atom is -0.405 e. The lowest BCUT2D eigenvalue weighted by atomic mass is 10.1. The normalized spacial score (nSPS) is 11.4. The van der Waals surface area contributed by atoms with Crippen molar-refractivity contribution in [2.45, 2.75) is 13.3 Å². The molecule has 0 radical (unpaired) electrons. The first-order chi connectivity index (χ1) is 7.22. The average molecular weight is 362 g/mol. The maximum Gasteiger partial charge on any atom is 0.573 e. The number of rotatable bonds is 2. The zero-order chi connectivity index (χ0) is 12.5. The van der Waals surface area contributed by atoms with Crippen molar-refractivity contribution in [1.82, 2.24) is 0 Å². The zero-order valence-electron chi connectivity index (χ0n) is 7.86. The first-order valence-corrected chi connectivity index (χ1v) is 5.55. The molecule has 0 N–H and O–H groups in total. The van der Waals surface area contributed by atoms with Crippen molar-refractivity contribution in [3.63, 3.8) is 0 Å². The Labute approximate surface area is 106 Å². The molecule has 0 saturated heterocycles. The molecule has 0 heterocycles. The van der Waals surface area contributed by atoms with Crippen molar-refractivity contribution < 1.29 is 22.7 Å². The Kier molecular flexibility index (Phi) is 4.01. The summed E-state index contributed by atoms with van der Waals surface area (Å²) in [4.78, 5) is 11.2. The molecule has 0 amide bonds. The van der Waals surface area contributed by atoms with Crippen molar-refractivity contribution in [2.75, 3.05) is 0 Å². The fourth-order valence-corrected chi connectivity index (χ4v) is 2.01. The molecule has 0 aliphatic rings. The summed E-state index contributed by atoms with van der Waals surface area (Å²) in [6.45, 7) is 1.16. The van der Waals surface area contributed by atoms with Gasteiger partial charge in [-0.1, -0.05) is 0 Å². The molecule has 2 nitrogen and oxygen atoms in total. The van der Waals surface area contributed by atoms with Gasteiger partial charge in [0.1, 0.15) is 5.75 Å². The first-order valence-electron chi connectivity index (χ1n) is 3.97. The second-order valence-electron chi connectivity index (χ2n) is 2.84. The van der Waals surface area contributed by atoms with Gasteiger partial charge in [-0.2, -0.15) is 0 Å². The summed E-state index contributed by atoms with van der Waals surface area (Å²) in [7, 11) is 0. The SMILES string of the molecule is CC(=O)c1c(OC(F)(F)F)ccc(Br)c1Br. The third-order valence-corrected chi connectivity index (χ3v) is 3.65. The molecule has 7 heteroatoms. The van der Waals surface area contributed by atoms with Gasteiger partial charge >= 0.3 is 6.36 Å². The van der Waals surface area contributed by atoms with E-state index < -0.39 is 17.9 Å². The lowest BCUT2D eigenvalue weighted by Crippen LogP contribution is -2.19. The fourth-order valence-electron chi connectivity index (χ4n) is 1.07. The minimum absolute atomic E-state index is 0.147. The third-order valence-electron chi connectivity index (χ3n) is 1.63. The number of carbonyl (C=O) groups excluding carboxylic acids is 1. The predicted octanol–water partition coefficient (Wildman–Crippen LogP) is 4.31. The van der Waals surface area contributed by atoms with Gasteiger partial charge in [0.15, 0.2) is 5.78 Å². The Morgan fingerprint density at radius 1 is 1.31 bits per heavy atom. The molecule has 0 unspecified atom stereocenters. The van der Waals surface area contributed by atoms with Crippen LogP contribution in [0.3, 0.4) is 0 Å². The van der Waals surface area contributed by atoms with Crippen molar-refractivity contribution in [2.24, 2.45) is 0 Å². The number of carbonyl (C=O) groups is 1. The fraction of sp³-hybridized carbons (Fsp3) is 0.222. The Balaban J connectivity index is 3.29. The maximum atomic E-state index is 12.1. The summed E-state index contributed by atoms with van der Waals surface area (Å²) in [5, 5.41) is 0. The van der Waals surface area contributed by atoms with E-state index in [0.717, 1.165) is 13.0 Å². The smallest absolute Gasteiger partial charge is 0.405 e. The highest BCUT2D eigenvalue weighted by atomic mass is 79.9. The van der Waals surface area contributed by atoms with Crippen molar-refractivity contribution in [3.8, 4) is 5.75 Å². The number of hydrogen-bond donors (Lipinski definition) is 0. The highest BCUT2D eigenvalue weighted by Crippen LogP contribution is 2.36. The lowest BCUT2D eigenvalue weighted by molar-refractivity contribution is -0.274. The number of ether oxygens (including phenoxy) is 1. The van der Waals surface area contributed by atoms with Crippen LogP contribution in [0, 0.1) is 0 Å². The van der Waals surface area contributed by atoms with Gasteiger partial charge in [0.25, 0.3) is 0 Å². The Morgan fingerprint density at radius 2 is 1.88 bits per heavy atom. The quantitative estimate of drug-likeness (QED) is 0.733. The van der Waals surface area contributed by atoms with Gasteiger partial charge in [0, 0.05) is 8.95 Å². The van der Waals surface area contributed by atoms with Crippen LogP contribution >= 0.6 is 31.9 Å². The van der Waals surface area contributed by atoms with Crippen LogP contribution in [0.1, 0.15) is 17.3 Å². The van der Waals surface area contributed by atoms with E-state index in [1.165, 1.54) is 6.07 Å². The van der Waals surface area contributed by atoms with Gasteiger partial charge in [0.2, 0.25) is 0 Å². The summed E-state index contributed by atoms with van der Waals surface area (Å²) in [6.07, 6.45) is -4.82. The summed E-state index contributed by atoms with van der Waals surface area (Å²) in [5.74, 6) is -1.04. The van der Waals surface area contributed by atoms with E-state index in [1.54, 1.807) is 0 Å². The molecule has 1 aromatic rings. The first kappa shape index (κ1) is 13.5. The van der Waals surface area contributed by atoms with Gasteiger partial charge in [-0.05, 0) is 50.9 Å². The monoisotopic (exact) mass is 360 g/mol. The summed E-state index contributed by atoms with van der Waals surface area (Å²) >= 11 is 6.12. The highest BCUT2D eigenvalue weighted by Gasteiger charge is 2.33. The third kappa shape index (κ3) is 3.21. The zero-order valence-corrected chi connectivity index (χ0v) is 11.0. The van der Waals surface area contributed by atoms with Gasteiger partial charge in [-0.25, -0.2) is 0 Å². The van der Waals surface area contributed by atoms with E-state index in [1.807, 2.05) is 0 Å². The van der Waals surface area contributed by atoms with E-state index in [0.29, 0.717) is 4.47 Å². The summed E-state index contributed by atoms with van der Waals surface area (Å²) < 4.78 is 40.6. The average Bonchev–Trinajstić information content (AvgIpc) is 2.08. The molecule has 88 valence electrons. The van der Waals surface area contributed by atoms with E-state index in [9.17, 15) is 18.0 Å². The van der Waals surface area contributed by atoms with Crippen LogP contribution in [0.2, 0.25) is 0 Å². The van der Waals surface area contributed by atoms with Gasteiger partial charge < -0.3 is 4.74 Å². The van der Waals surface area contributed by atoms with Crippen LogP contribution in [0.25, 0.3) is 0 Å². The second kappa shape index (κ2) is 4.75. The number of halogens is 5.